The van der Waals surface area contributed by atoms with E-state index in [1.807, 2.05) is 0 Å². The second-order valence-electron chi connectivity index (χ2n) is 2.77. The number of hydrogen-bond donors (Lipinski definition) is 2. The maximum Gasteiger partial charge on any atom is 0.239 e. The molecule has 0 bridgehead atoms. The van der Waals surface area contributed by atoms with Crippen molar-refractivity contribution in [1.82, 2.24) is 5.32 Å². The summed E-state index contributed by atoms with van der Waals surface area (Å²) in [6.45, 7) is -0.210. The van der Waals surface area contributed by atoms with Crippen LogP contribution in [0.2, 0.25) is 0 Å². The molecule has 0 unspecified atom stereocenters. The topological polar surface area (TPSA) is 41.1 Å². The first-order valence-corrected chi connectivity index (χ1v) is 4.13. The predicted octanol–water partition coefficient (Wildman–Crippen LogP) is 1.26. The van der Waals surface area contributed by atoms with E-state index in [4.69, 9.17) is 0 Å². The molecule has 0 spiro atoms. The molecule has 0 saturated heterocycles. The number of rotatable bonds is 3. The van der Waals surface area contributed by atoms with E-state index in [9.17, 15) is 18.0 Å². The van der Waals surface area contributed by atoms with E-state index in [1.165, 1.54) is 7.05 Å². The lowest BCUT2D eigenvalue weighted by atomic mass is 10.3. The van der Waals surface area contributed by atoms with E-state index in [1.54, 1.807) is 0 Å². The van der Waals surface area contributed by atoms with Gasteiger partial charge in [-0.15, -0.1) is 0 Å². The van der Waals surface area contributed by atoms with Crippen molar-refractivity contribution in [2.45, 2.75) is 0 Å². The Morgan fingerprint density at radius 3 is 2.40 bits per heavy atom. The zero-order valence-electron chi connectivity index (χ0n) is 7.90. The molecule has 6 heteroatoms. The number of hydrogen-bond acceptors (Lipinski definition) is 2. The zero-order chi connectivity index (χ0) is 11.4. The van der Waals surface area contributed by atoms with Gasteiger partial charge in [-0.2, -0.15) is 0 Å². The Balaban J connectivity index is 2.77. The summed E-state index contributed by atoms with van der Waals surface area (Å²) < 4.78 is 38.2. The van der Waals surface area contributed by atoms with Crippen LogP contribution in [-0.4, -0.2) is 19.5 Å². The molecule has 0 aliphatic heterocycles. The first-order valence-electron chi connectivity index (χ1n) is 4.13. The summed E-state index contributed by atoms with van der Waals surface area (Å²) in [5, 5.41) is 4.63. The fourth-order valence-corrected chi connectivity index (χ4v) is 0.922. The first-order chi connectivity index (χ1) is 7.04. The Hall–Kier alpha value is -1.72. The van der Waals surface area contributed by atoms with Crippen molar-refractivity contribution >= 4 is 11.6 Å². The minimum Gasteiger partial charge on any atom is -0.374 e. The van der Waals surface area contributed by atoms with Gasteiger partial charge in [0.2, 0.25) is 5.91 Å². The van der Waals surface area contributed by atoms with E-state index in [2.05, 4.69) is 10.6 Å². The molecule has 0 heterocycles. The monoisotopic (exact) mass is 218 g/mol. The van der Waals surface area contributed by atoms with Gasteiger partial charge in [0.15, 0.2) is 11.6 Å². The molecular weight excluding hydrogens is 209 g/mol. The molecule has 15 heavy (non-hydrogen) atoms. The van der Waals surface area contributed by atoms with Gasteiger partial charge in [0.1, 0.15) is 5.82 Å². The van der Waals surface area contributed by atoms with E-state index < -0.39 is 17.5 Å². The highest BCUT2D eigenvalue weighted by Crippen LogP contribution is 2.17. The number of likely N-dealkylation sites (N-methyl/N-ethyl adjacent to an activating group) is 1. The van der Waals surface area contributed by atoms with Gasteiger partial charge in [-0.3, -0.25) is 4.79 Å². The van der Waals surface area contributed by atoms with Crippen molar-refractivity contribution in [3.63, 3.8) is 0 Å². The standard InChI is InChI=1S/C9H9F3N2O/c1-13-9(15)4-14-8-3-6(11)5(10)2-7(8)12/h2-3,14H,4H2,1H3,(H,13,15). The molecule has 3 nitrogen and oxygen atoms in total. The van der Waals surface area contributed by atoms with Gasteiger partial charge in [-0.05, 0) is 0 Å². The van der Waals surface area contributed by atoms with Crippen LogP contribution in [0, 0.1) is 17.5 Å². The third-order valence-corrected chi connectivity index (χ3v) is 1.73. The highest BCUT2D eigenvalue weighted by molar-refractivity contribution is 5.80. The lowest BCUT2D eigenvalue weighted by Crippen LogP contribution is -2.26. The molecule has 0 atom stereocenters. The van der Waals surface area contributed by atoms with Crippen LogP contribution in [0.4, 0.5) is 18.9 Å². The molecule has 1 aromatic rings. The average Bonchev–Trinajstić information content (AvgIpc) is 2.21. The van der Waals surface area contributed by atoms with Crippen LogP contribution in [0.15, 0.2) is 12.1 Å². The normalized spacial score (nSPS) is 9.87. The summed E-state index contributed by atoms with van der Waals surface area (Å²) in [4.78, 5) is 10.8. The molecule has 82 valence electrons. The van der Waals surface area contributed by atoms with Crippen LogP contribution in [0.5, 0.6) is 0 Å². The maximum atomic E-state index is 13.0. The van der Waals surface area contributed by atoms with Gasteiger partial charge < -0.3 is 10.6 Å². The molecule has 1 rings (SSSR count). The SMILES string of the molecule is CNC(=O)CNc1cc(F)c(F)cc1F. The van der Waals surface area contributed by atoms with Crippen molar-refractivity contribution in [2.75, 3.05) is 18.9 Å². The van der Waals surface area contributed by atoms with Gasteiger partial charge >= 0.3 is 0 Å². The third-order valence-electron chi connectivity index (χ3n) is 1.73. The number of halogens is 3. The molecule has 1 amide bonds. The van der Waals surface area contributed by atoms with Gasteiger partial charge in [0, 0.05) is 19.2 Å². The molecular formula is C9H9F3N2O. The molecule has 0 fully saturated rings. The van der Waals surface area contributed by atoms with Crippen molar-refractivity contribution in [2.24, 2.45) is 0 Å². The largest absolute Gasteiger partial charge is 0.374 e. The number of benzene rings is 1. The zero-order valence-corrected chi connectivity index (χ0v) is 7.90. The van der Waals surface area contributed by atoms with Gasteiger partial charge in [-0.25, -0.2) is 13.2 Å². The second-order valence-corrected chi connectivity index (χ2v) is 2.77. The van der Waals surface area contributed by atoms with Crippen LogP contribution in [0.3, 0.4) is 0 Å². The highest BCUT2D eigenvalue weighted by Gasteiger charge is 2.09. The van der Waals surface area contributed by atoms with Crippen LogP contribution in [-0.2, 0) is 4.79 Å². The molecule has 0 radical (unpaired) electrons. The summed E-state index contributed by atoms with van der Waals surface area (Å²) in [5.74, 6) is -3.77. The Labute approximate surface area is 84.3 Å². The Bertz CT molecular complexity index is 382. The van der Waals surface area contributed by atoms with Crippen molar-refractivity contribution < 1.29 is 18.0 Å². The van der Waals surface area contributed by atoms with E-state index >= 15 is 0 Å². The van der Waals surface area contributed by atoms with Gasteiger partial charge in [-0.1, -0.05) is 0 Å². The lowest BCUT2D eigenvalue weighted by Gasteiger charge is -2.06. The predicted molar refractivity (Wildman–Crippen MR) is 48.9 cm³/mol. The summed E-state index contributed by atoms with van der Waals surface area (Å²) in [6.07, 6.45) is 0. The molecule has 1 aromatic carbocycles. The molecule has 0 saturated carbocycles. The minimum atomic E-state index is -1.27. The third kappa shape index (κ3) is 2.87. The molecule has 0 aliphatic rings. The quantitative estimate of drug-likeness (QED) is 0.750. The smallest absolute Gasteiger partial charge is 0.239 e. The number of carbonyl (C=O) groups is 1. The number of nitrogens with one attached hydrogen (secondary N) is 2. The molecule has 0 aliphatic carbocycles. The Morgan fingerprint density at radius 2 is 1.80 bits per heavy atom. The van der Waals surface area contributed by atoms with Crippen LogP contribution < -0.4 is 10.6 Å². The Morgan fingerprint density at radius 1 is 1.20 bits per heavy atom. The fraction of sp³-hybridized carbons (Fsp3) is 0.222. The van der Waals surface area contributed by atoms with Crippen molar-refractivity contribution in [1.29, 1.82) is 0 Å². The van der Waals surface area contributed by atoms with Crippen LogP contribution in [0.25, 0.3) is 0 Å². The van der Waals surface area contributed by atoms with Crippen molar-refractivity contribution in [3.05, 3.63) is 29.6 Å². The summed E-state index contributed by atoms with van der Waals surface area (Å²) in [5.41, 5.74) is -0.252. The lowest BCUT2D eigenvalue weighted by molar-refractivity contribution is -0.118. The number of anilines is 1. The molecule has 2 N–H and O–H groups in total. The summed E-state index contributed by atoms with van der Waals surface area (Å²) >= 11 is 0. The van der Waals surface area contributed by atoms with Gasteiger partial charge in [0.25, 0.3) is 0 Å². The first kappa shape index (κ1) is 11.4. The maximum absolute atomic E-state index is 13.0. The van der Waals surface area contributed by atoms with Crippen LogP contribution >= 0.6 is 0 Å². The van der Waals surface area contributed by atoms with Crippen molar-refractivity contribution in [3.8, 4) is 0 Å². The summed E-state index contributed by atoms with van der Waals surface area (Å²) in [7, 11) is 1.41. The highest BCUT2D eigenvalue weighted by atomic mass is 19.2. The number of carbonyl (C=O) groups excluding carboxylic acids is 1. The van der Waals surface area contributed by atoms with Crippen LogP contribution in [0.1, 0.15) is 0 Å². The molecule has 0 aromatic heterocycles. The van der Waals surface area contributed by atoms with Gasteiger partial charge in [0.05, 0.1) is 12.2 Å². The fourth-order valence-electron chi connectivity index (χ4n) is 0.922. The van der Waals surface area contributed by atoms with E-state index in [-0.39, 0.29) is 18.1 Å². The second kappa shape index (κ2) is 4.68. The van der Waals surface area contributed by atoms with E-state index in [0.29, 0.717) is 12.1 Å². The number of amides is 1. The Kier molecular flexibility index (Phi) is 3.54. The van der Waals surface area contributed by atoms with E-state index in [0.717, 1.165) is 0 Å². The summed E-state index contributed by atoms with van der Waals surface area (Å²) in [6, 6.07) is 1.08. The average molecular weight is 218 g/mol. The minimum absolute atomic E-state index is 0.210.